The molecule has 6 heteroatoms. The Balaban J connectivity index is 1.48. The van der Waals surface area contributed by atoms with Crippen LogP contribution in [0.2, 0.25) is 0 Å². The normalized spacial score (nSPS) is 14.3. The first-order valence-electron chi connectivity index (χ1n) is 11.8. The number of rotatable bonds is 12. The van der Waals surface area contributed by atoms with Crippen LogP contribution >= 0.6 is 0 Å². The average molecular weight is 452 g/mol. The van der Waals surface area contributed by atoms with Crippen LogP contribution in [0.5, 0.6) is 0 Å². The van der Waals surface area contributed by atoms with E-state index < -0.39 is 5.97 Å². The molecule has 0 radical (unpaired) electrons. The van der Waals surface area contributed by atoms with Gasteiger partial charge in [-0.15, -0.1) is 0 Å². The zero-order valence-electron chi connectivity index (χ0n) is 19.4. The van der Waals surface area contributed by atoms with E-state index >= 15 is 0 Å². The number of aryl methyl sites for hydroxylation is 2. The fraction of sp³-hybridized carbons (Fsp3) is 0.444. The number of aliphatic imine (C=N–C) groups is 1. The summed E-state index contributed by atoms with van der Waals surface area (Å²) in [7, 11) is 0. The fourth-order valence-electron chi connectivity index (χ4n) is 4.40. The first-order chi connectivity index (χ1) is 16.0. The lowest BCUT2D eigenvalue weighted by molar-refractivity contribution is -0.137. The molecule has 0 aliphatic carbocycles. The second kappa shape index (κ2) is 12.3. The van der Waals surface area contributed by atoms with Crippen LogP contribution in [0.4, 0.5) is 15.9 Å². The molecule has 0 fully saturated rings. The first-order valence-corrected chi connectivity index (χ1v) is 11.8. The minimum atomic E-state index is -0.805. The molecular formula is C27H34FN3O2. The number of carboxylic acids is 1. The van der Waals surface area contributed by atoms with Crippen LogP contribution in [0, 0.1) is 11.7 Å². The van der Waals surface area contributed by atoms with E-state index in [1.54, 1.807) is 6.07 Å². The molecule has 2 N–H and O–H groups in total. The zero-order valence-corrected chi connectivity index (χ0v) is 19.4. The Morgan fingerprint density at radius 2 is 2.09 bits per heavy atom. The maximum Gasteiger partial charge on any atom is 0.303 e. The molecular weight excluding hydrogens is 417 g/mol. The van der Waals surface area contributed by atoms with Crippen LogP contribution in [0.1, 0.15) is 68.7 Å². The van der Waals surface area contributed by atoms with Crippen molar-refractivity contribution < 1.29 is 14.3 Å². The van der Waals surface area contributed by atoms with Gasteiger partial charge in [-0.2, -0.15) is 0 Å². The van der Waals surface area contributed by atoms with Gasteiger partial charge in [0.2, 0.25) is 0 Å². The number of hydrogen-bond donors (Lipinski definition) is 2. The van der Waals surface area contributed by atoms with Crippen molar-refractivity contribution in [3.8, 4) is 0 Å². The number of halogens is 1. The molecule has 1 aromatic carbocycles. The van der Waals surface area contributed by atoms with Crippen LogP contribution in [-0.4, -0.2) is 29.3 Å². The maximum atomic E-state index is 13.5. The van der Waals surface area contributed by atoms with Crippen LogP contribution in [0.25, 0.3) is 6.08 Å². The van der Waals surface area contributed by atoms with Crippen molar-refractivity contribution in [3.05, 3.63) is 58.5 Å². The highest BCUT2D eigenvalue weighted by Crippen LogP contribution is 2.28. The Hall–Kier alpha value is -3.02. The van der Waals surface area contributed by atoms with Crippen molar-refractivity contribution in [2.75, 3.05) is 11.9 Å². The lowest BCUT2D eigenvalue weighted by atomic mass is 9.89. The average Bonchev–Trinajstić information content (AvgIpc) is 2.81. The van der Waals surface area contributed by atoms with Crippen LogP contribution < -0.4 is 5.32 Å². The van der Waals surface area contributed by atoms with Crippen molar-refractivity contribution in [2.24, 2.45) is 10.9 Å². The number of aromatic nitrogens is 1. The summed E-state index contributed by atoms with van der Waals surface area (Å²) in [4.78, 5) is 20.1. The van der Waals surface area contributed by atoms with Gasteiger partial charge in [-0.3, -0.25) is 9.79 Å². The maximum absolute atomic E-state index is 13.5. The number of unbranched alkanes of at least 4 members (excludes halogenated alkanes) is 3. The molecule has 0 spiro atoms. The number of carbonyl (C=O) groups is 1. The molecule has 1 atom stereocenters. The molecule has 1 aliphatic rings. The quantitative estimate of drug-likeness (QED) is 0.282. The molecule has 2 aromatic rings. The summed E-state index contributed by atoms with van der Waals surface area (Å²) in [5.74, 6) is -0.177. The number of aliphatic carboxylic acids is 1. The SMILES string of the molecule is C=Nc1cc(F)ccc1/C=C(\C)C(CCCCCCc1ccc2c(n1)NCCC2)CC(=O)O. The number of nitrogens with one attached hydrogen (secondary N) is 1. The molecule has 176 valence electrons. The van der Waals surface area contributed by atoms with Crippen molar-refractivity contribution in [1.82, 2.24) is 4.98 Å². The number of carboxylic acid groups (broad SMARTS) is 1. The van der Waals surface area contributed by atoms with E-state index in [0.29, 0.717) is 5.69 Å². The molecule has 2 heterocycles. The van der Waals surface area contributed by atoms with Crippen LogP contribution in [-0.2, 0) is 17.6 Å². The van der Waals surface area contributed by atoms with E-state index in [-0.39, 0.29) is 18.2 Å². The summed E-state index contributed by atoms with van der Waals surface area (Å²) in [6.45, 7) is 6.45. The third-order valence-corrected chi connectivity index (χ3v) is 6.30. The second-order valence-corrected chi connectivity index (χ2v) is 8.84. The summed E-state index contributed by atoms with van der Waals surface area (Å²) >= 11 is 0. The van der Waals surface area contributed by atoms with Gasteiger partial charge >= 0.3 is 5.97 Å². The van der Waals surface area contributed by atoms with E-state index in [4.69, 9.17) is 4.98 Å². The molecule has 33 heavy (non-hydrogen) atoms. The van der Waals surface area contributed by atoms with Gasteiger partial charge in [0.1, 0.15) is 11.6 Å². The van der Waals surface area contributed by atoms with E-state index in [1.807, 2.05) is 13.0 Å². The van der Waals surface area contributed by atoms with Crippen LogP contribution in [0.3, 0.4) is 0 Å². The smallest absolute Gasteiger partial charge is 0.303 e. The summed E-state index contributed by atoms with van der Waals surface area (Å²) in [6.07, 6.45) is 10.3. The Morgan fingerprint density at radius 3 is 2.88 bits per heavy atom. The van der Waals surface area contributed by atoms with Gasteiger partial charge in [0.05, 0.1) is 12.1 Å². The van der Waals surface area contributed by atoms with Crippen molar-refractivity contribution in [1.29, 1.82) is 0 Å². The monoisotopic (exact) mass is 451 g/mol. The number of nitrogens with zero attached hydrogens (tertiary/aromatic N) is 2. The topological polar surface area (TPSA) is 74.6 Å². The summed E-state index contributed by atoms with van der Waals surface area (Å²) in [5, 5.41) is 12.8. The van der Waals surface area contributed by atoms with Crippen molar-refractivity contribution in [3.63, 3.8) is 0 Å². The van der Waals surface area contributed by atoms with Crippen molar-refractivity contribution >= 4 is 30.3 Å². The second-order valence-electron chi connectivity index (χ2n) is 8.84. The minimum absolute atomic E-state index is 0.0568. The summed E-state index contributed by atoms with van der Waals surface area (Å²) < 4.78 is 13.5. The number of fused-ring (bicyclic) bond motifs is 1. The van der Waals surface area contributed by atoms with E-state index in [0.717, 1.165) is 74.1 Å². The largest absolute Gasteiger partial charge is 0.481 e. The van der Waals surface area contributed by atoms with Gasteiger partial charge in [-0.1, -0.05) is 37.0 Å². The molecule has 0 saturated heterocycles. The van der Waals surface area contributed by atoms with Gasteiger partial charge in [-0.25, -0.2) is 9.37 Å². The van der Waals surface area contributed by atoms with Crippen LogP contribution in [0.15, 0.2) is 40.9 Å². The number of benzene rings is 1. The summed E-state index contributed by atoms with van der Waals surface area (Å²) in [6, 6.07) is 8.72. The summed E-state index contributed by atoms with van der Waals surface area (Å²) in [5.41, 5.74) is 4.64. The molecule has 0 bridgehead atoms. The number of allylic oxidation sites excluding steroid dienone is 1. The number of pyridine rings is 1. The van der Waals surface area contributed by atoms with Gasteiger partial charge in [-0.05, 0) is 75.4 Å². The van der Waals surface area contributed by atoms with Gasteiger partial charge < -0.3 is 10.4 Å². The fourth-order valence-corrected chi connectivity index (χ4v) is 4.40. The molecule has 1 aliphatic heterocycles. The molecule has 5 nitrogen and oxygen atoms in total. The number of anilines is 1. The third kappa shape index (κ3) is 7.52. The Bertz CT molecular complexity index is 1000. The molecule has 0 amide bonds. The highest BCUT2D eigenvalue weighted by Gasteiger charge is 2.16. The molecule has 3 rings (SSSR count). The van der Waals surface area contributed by atoms with E-state index in [9.17, 15) is 14.3 Å². The molecule has 1 aromatic heterocycles. The highest BCUT2D eigenvalue weighted by atomic mass is 19.1. The lowest BCUT2D eigenvalue weighted by Gasteiger charge is -2.17. The number of hydrogen-bond acceptors (Lipinski definition) is 4. The van der Waals surface area contributed by atoms with E-state index in [1.165, 1.54) is 24.1 Å². The molecule has 0 saturated carbocycles. The zero-order chi connectivity index (χ0) is 23.6. The lowest BCUT2D eigenvalue weighted by Crippen LogP contribution is -2.14. The van der Waals surface area contributed by atoms with Gasteiger partial charge in [0.15, 0.2) is 0 Å². The predicted octanol–water partition coefficient (Wildman–Crippen LogP) is 6.60. The predicted molar refractivity (Wildman–Crippen MR) is 133 cm³/mol. The Morgan fingerprint density at radius 1 is 1.27 bits per heavy atom. The van der Waals surface area contributed by atoms with Gasteiger partial charge in [0.25, 0.3) is 0 Å². The first kappa shape index (κ1) is 24.6. The molecule has 1 unspecified atom stereocenters. The van der Waals surface area contributed by atoms with E-state index in [2.05, 4.69) is 29.2 Å². The Kier molecular flexibility index (Phi) is 9.16. The van der Waals surface area contributed by atoms with Crippen molar-refractivity contribution in [2.45, 2.75) is 64.7 Å². The third-order valence-electron chi connectivity index (χ3n) is 6.30. The standard InChI is InChI=1S/C27H34FN3O2/c1-19(16-22-11-13-23(28)18-25(22)29-2)21(17-26(32)33)8-5-3-4-6-10-24-14-12-20-9-7-15-30-27(20)31-24/h11-14,16,18,21H,2-10,15,17H2,1H3,(H,30,31)(H,32,33)/b19-16+. The van der Waals surface area contributed by atoms with Gasteiger partial charge in [0, 0.05) is 23.9 Å². The highest BCUT2D eigenvalue weighted by molar-refractivity contribution is 5.70. The Labute approximate surface area is 195 Å². The minimum Gasteiger partial charge on any atom is -0.481 e.